The zero-order valence-corrected chi connectivity index (χ0v) is 16.4. The largest absolute Gasteiger partial charge is 0.490 e. The molecule has 0 aliphatic rings. The van der Waals surface area contributed by atoms with Crippen molar-refractivity contribution < 1.29 is 14.3 Å². The van der Waals surface area contributed by atoms with Gasteiger partial charge in [0.05, 0.1) is 25.5 Å². The highest BCUT2D eigenvalue weighted by Gasteiger charge is 2.06. The first kappa shape index (κ1) is 19.5. The molecule has 2 aromatic heterocycles. The predicted octanol–water partition coefficient (Wildman–Crippen LogP) is 3.77. The van der Waals surface area contributed by atoms with E-state index in [4.69, 9.17) is 9.47 Å². The van der Waals surface area contributed by atoms with Gasteiger partial charge in [0.2, 0.25) is 5.91 Å². The third kappa shape index (κ3) is 4.71. The lowest BCUT2D eigenvalue weighted by atomic mass is 10.2. The van der Waals surface area contributed by atoms with Crippen LogP contribution in [0, 0.1) is 6.92 Å². The smallest absolute Gasteiger partial charge is 0.244 e. The van der Waals surface area contributed by atoms with Crippen LogP contribution < -0.4 is 14.8 Å². The lowest BCUT2D eigenvalue weighted by Crippen LogP contribution is -2.20. The molecule has 0 bridgehead atoms. The van der Waals surface area contributed by atoms with Crippen molar-refractivity contribution in [2.75, 3.05) is 13.2 Å². The van der Waals surface area contributed by atoms with Crippen LogP contribution in [-0.4, -0.2) is 28.5 Å². The summed E-state index contributed by atoms with van der Waals surface area (Å²) in [7, 11) is 0. The number of nitrogens with zero attached hydrogens (tertiary/aromatic N) is 2. The van der Waals surface area contributed by atoms with Crippen LogP contribution in [-0.2, 0) is 11.3 Å². The van der Waals surface area contributed by atoms with Crippen molar-refractivity contribution in [1.29, 1.82) is 0 Å². The molecule has 0 saturated carbocycles. The molecule has 146 valence electrons. The summed E-state index contributed by atoms with van der Waals surface area (Å²) in [4.78, 5) is 16.7. The van der Waals surface area contributed by atoms with Crippen LogP contribution in [0.1, 0.15) is 30.7 Å². The second kappa shape index (κ2) is 9.08. The first-order valence-electron chi connectivity index (χ1n) is 9.39. The quantitative estimate of drug-likeness (QED) is 0.605. The van der Waals surface area contributed by atoms with Gasteiger partial charge in [0.25, 0.3) is 0 Å². The van der Waals surface area contributed by atoms with E-state index in [1.54, 1.807) is 6.08 Å². The maximum absolute atomic E-state index is 12.2. The molecule has 1 N–H and O–H groups in total. The number of ether oxygens (including phenoxy) is 2. The Kier molecular flexibility index (Phi) is 6.32. The number of aryl methyl sites for hydroxylation is 1. The standard InChI is InChI=1S/C22H25N3O3/c1-4-27-19-10-8-17(13-20(19)28-5-2)9-11-21(26)23-14-18-15-25-12-6-7-16(3)22(25)24-18/h6-13,15H,4-5,14H2,1-3H3,(H,23,26)/b11-9+. The number of hydrogen-bond donors (Lipinski definition) is 1. The molecule has 0 spiro atoms. The molecule has 3 rings (SSSR count). The van der Waals surface area contributed by atoms with E-state index in [0.717, 1.165) is 22.5 Å². The summed E-state index contributed by atoms with van der Waals surface area (Å²) in [5, 5.41) is 2.86. The lowest BCUT2D eigenvalue weighted by Gasteiger charge is -2.11. The molecular weight excluding hydrogens is 354 g/mol. The van der Waals surface area contributed by atoms with E-state index in [0.29, 0.717) is 31.3 Å². The third-order valence-electron chi connectivity index (χ3n) is 4.17. The number of amides is 1. The Morgan fingerprint density at radius 1 is 1.18 bits per heavy atom. The number of carbonyl (C=O) groups is 1. The Labute approximate surface area is 164 Å². The molecule has 0 aliphatic carbocycles. The van der Waals surface area contributed by atoms with Gasteiger partial charge in [0.1, 0.15) is 5.65 Å². The molecule has 28 heavy (non-hydrogen) atoms. The number of imidazole rings is 1. The molecule has 0 fully saturated rings. The summed E-state index contributed by atoms with van der Waals surface area (Å²) < 4.78 is 13.1. The summed E-state index contributed by atoms with van der Waals surface area (Å²) in [6, 6.07) is 9.60. The molecular formula is C22H25N3O3. The minimum atomic E-state index is -0.180. The molecule has 1 amide bonds. The molecule has 1 aromatic carbocycles. The van der Waals surface area contributed by atoms with Crippen molar-refractivity contribution in [2.45, 2.75) is 27.3 Å². The molecule has 0 saturated heterocycles. The van der Waals surface area contributed by atoms with Crippen molar-refractivity contribution in [1.82, 2.24) is 14.7 Å². The first-order valence-corrected chi connectivity index (χ1v) is 9.39. The fourth-order valence-electron chi connectivity index (χ4n) is 2.87. The van der Waals surface area contributed by atoms with Gasteiger partial charge in [-0.15, -0.1) is 0 Å². The van der Waals surface area contributed by atoms with Crippen molar-refractivity contribution in [3.8, 4) is 11.5 Å². The van der Waals surface area contributed by atoms with Gasteiger partial charge >= 0.3 is 0 Å². The van der Waals surface area contributed by atoms with Crippen LogP contribution >= 0.6 is 0 Å². The van der Waals surface area contributed by atoms with Gasteiger partial charge < -0.3 is 19.2 Å². The minimum absolute atomic E-state index is 0.180. The summed E-state index contributed by atoms with van der Waals surface area (Å²) in [6.07, 6.45) is 7.13. The molecule has 6 nitrogen and oxygen atoms in total. The second-order valence-electron chi connectivity index (χ2n) is 6.28. The maximum Gasteiger partial charge on any atom is 0.244 e. The number of benzene rings is 1. The van der Waals surface area contributed by atoms with E-state index in [-0.39, 0.29) is 5.91 Å². The lowest BCUT2D eigenvalue weighted by molar-refractivity contribution is -0.116. The minimum Gasteiger partial charge on any atom is -0.490 e. The van der Waals surface area contributed by atoms with Gasteiger partial charge in [-0.25, -0.2) is 4.98 Å². The normalized spacial score (nSPS) is 11.1. The Bertz CT molecular complexity index is 992. The SMILES string of the molecule is CCOc1ccc(/C=C/C(=O)NCc2cn3cccc(C)c3n2)cc1OCC. The van der Waals surface area contributed by atoms with E-state index in [9.17, 15) is 4.79 Å². The topological polar surface area (TPSA) is 64.9 Å². The van der Waals surface area contributed by atoms with E-state index in [2.05, 4.69) is 10.3 Å². The Morgan fingerprint density at radius 2 is 1.96 bits per heavy atom. The van der Waals surface area contributed by atoms with Crippen molar-refractivity contribution in [3.63, 3.8) is 0 Å². The van der Waals surface area contributed by atoms with Crippen molar-refractivity contribution in [3.05, 3.63) is 65.6 Å². The van der Waals surface area contributed by atoms with Crippen LogP contribution in [0.4, 0.5) is 0 Å². The molecule has 0 radical (unpaired) electrons. The highest BCUT2D eigenvalue weighted by atomic mass is 16.5. The second-order valence-corrected chi connectivity index (χ2v) is 6.28. The zero-order valence-electron chi connectivity index (χ0n) is 16.4. The summed E-state index contributed by atoms with van der Waals surface area (Å²) in [5.41, 5.74) is 3.68. The molecule has 2 heterocycles. The number of aromatic nitrogens is 2. The van der Waals surface area contributed by atoms with Crippen LogP contribution in [0.25, 0.3) is 11.7 Å². The average Bonchev–Trinajstić information content (AvgIpc) is 3.11. The fourth-order valence-corrected chi connectivity index (χ4v) is 2.87. The van der Waals surface area contributed by atoms with Crippen LogP contribution in [0.3, 0.4) is 0 Å². The van der Waals surface area contributed by atoms with E-state index in [1.807, 2.05) is 67.9 Å². The number of fused-ring (bicyclic) bond motifs is 1. The van der Waals surface area contributed by atoms with Crippen molar-refractivity contribution >= 4 is 17.6 Å². The van der Waals surface area contributed by atoms with Gasteiger partial charge in [0, 0.05) is 18.5 Å². The fraction of sp³-hybridized carbons (Fsp3) is 0.273. The van der Waals surface area contributed by atoms with Crippen LogP contribution in [0.5, 0.6) is 11.5 Å². The first-order chi connectivity index (χ1) is 13.6. The zero-order chi connectivity index (χ0) is 19.9. The van der Waals surface area contributed by atoms with Gasteiger partial charge in [-0.05, 0) is 56.2 Å². The highest BCUT2D eigenvalue weighted by molar-refractivity contribution is 5.91. The predicted molar refractivity (Wildman–Crippen MR) is 110 cm³/mol. The van der Waals surface area contributed by atoms with E-state index < -0.39 is 0 Å². The van der Waals surface area contributed by atoms with Crippen LogP contribution in [0.15, 0.2) is 48.8 Å². The molecule has 6 heteroatoms. The number of hydrogen-bond acceptors (Lipinski definition) is 4. The molecule has 0 atom stereocenters. The average molecular weight is 379 g/mol. The summed E-state index contributed by atoms with van der Waals surface area (Å²) in [5.74, 6) is 1.20. The van der Waals surface area contributed by atoms with Crippen LogP contribution in [0.2, 0.25) is 0 Å². The van der Waals surface area contributed by atoms with E-state index >= 15 is 0 Å². The Hall–Kier alpha value is -3.28. The number of nitrogens with one attached hydrogen (secondary N) is 1. The number of pyridine rings is 1. The van der Waals surface area contributed by atoms with Gasteiger partial charge in [-0.2, -0.15) is 0 Å². The number of rotatable bonds is 8. The highest BCUT2D eigenvalue weighted by Crippen LogP contribution is 2.29. The summed E-state index contributed by atoms with van der Waals surface area (Å²) in [6.45, 7) is 7.36. The van der Waals surface area contributed by atoms with E-state index in [1.165, 1.54) is 6.08 Å². The number of carbonyl (C=O) groups excluding carboxylic acids is 1. The van der Waals surface area contributed by atoms with Gasteiger partial charge in [-0.1, -0.05) is 12.1 Å². The van der Waals surface area contributed by atoms with Gasteiger partial charge in [0.15, 0.2) is 11.5 Å². The van der Waals surface area contributed by atoms with Gasteiger partial charge in [-0.3, -0.25) is 4.79 Å². The third-order valence-corrected chi connectivity index (χ3v) is 4.17. The Balaban J connectivity index is 1.62. The molecule has 0 aliphatic heterocycles. The molecule has 3 aromatic rings. The Morgan fingerprint density at radius 3 is 2.71 bits per heavy atom. The molecule has 0 unspecified atom stereocenters. The summed E-state index contributed by atoms with van der Waals surface area (Å²) >= 11 is 0. The maximum atomic E-state index is 12.2. The van der Waals surface area contributed by atoms with Crippen molar-refractivity contribution in [2.24, 2.45) is 0 Å². The monoisotopic (exact) mass is 379 g/mol.